The van der Waals surface area contributed by atoms with Crippen LogP contribution in [0.3, 0.4) is 0 Å². The average Bonchev–Trinajstić information content (AvgIpc) is 3.34. The van der Waals surface area contributed by atoms with Crippen LogP contribution in [0.4, 0.5) is 0 Å². The molecule has 4 rings (SSSR count). The van der Waals surface area contributed by atoms with Crippen molar-refractivity contribution in [2.24, 2.45) is 0 Å². The lowest BCUT2D eigenvalue weighted by atomic mass is 10.1. The summed E-state index contributed by atoms with van der Waals surface area (Å²) in [6.45, 7) is 0.456. The molecule has 0 saturated carbocycles. The molecule has 0 saturated heterocycles. The second-order valence-electron chi connectivity index (χ2n) is 5.90. The number of nitrogens with zero attached hydrogens (tertiary/aromatic N) is 2. The fourth-order valence-electron chi connectivity index (χ4n) is 2.88. The average molecular weight is 363 g/mol. The SMILES string of the molecule is O=C(C=Cc1cccs1)NCC1Cc2cccc(-c3ncccn3)c2O1. The van der Waals surface area contributed by atoms with Gasteiger partial charge in [0.25, 0.3) is 0 Å². The van der Waals surface area contributed by atoms with Gasteiger partial charge in [-0.05, 0) is 35.2 Å². The van der Waals surface area contributed by atoms with Gasteiger partial charge in [-0.1, -0.05) is 18.2 Å². The molecule has 5 nitrogen and oxygen atoms in total. The lowest BCUT2D eigenvalue weighted by molar-refractivity contribution is -0.116. The molecule has 3 aromatic rings. The molecule has 2 aromatic heterocycles. The van der Waals surface area contributed by atoms with Crippen molar-refractivity contribution < 1.29 is 9.53 Å². The number of rotatable bonds is 5. The molecular formula is C20H17N3O2S. The van der Waals surface area contributed by atoms with Crippen molar-refractivity contribution in [3.05, 3.63) is 70.7 Å². The lowest BCUT2D eigenvalue weighted by Gasteiger charge is -2.12. The van der Waals surface area contributed by atoms with Crippen molar-refractivity contribution in [1.82, 2.24) is 15.3 Å². The first-order chi connectivity index (χ1) is 12.8. The molecule has 1 aromatic carbocycles. The highest BCUT2D eigenvalue weighted by atomic mass is 32.1. The Labute approximate surface area is 155 Å². The van der Waals surface area contributed by atoms with Gasteiger partial charge in [-0.25, -0.2) is 9.97 Å². The number of amides is 1. The monoisotopic (exact) mass is 363 g/mol. The summed E-state index contributed by atoms with van der Waals surface area (Å²) in [7, 11) is 0. The Balaban J connectivity index is 1.39. The van der Waals surface area contributed by atoms with Gasteiger partial charge in [0, 0.05) is 29.8 Å². The molecule has 130 valence electrons. The van der Waals surface area contributed by atoms with E-state index in [4.69, 9.17) is 4.74 Å². The molecule has 1 aliphatic rings. The minimum Gasteiger partial charge on any atom is -0.487 e. The molecule has 3 heterocycles. The van der Waals surface area contributed by atoms with E-state index in [-0.39, 0.29) is 12.0 Å². The summed E-state index contributed by atoms with van der Waals surface area (Å²) in [5.41, 5.74) is 2.00. The molecule has 0 spiro atoms. The second kappa shape index (κ2) is 7.49. The van der Waals surface area contributed by atoms with Crippen LogP contribution in [0.2, 0.25) is 0 Å². The van der Waals surface area contributed by atoms with E-state index < -0.39 is 0 Å². The van der Waals surface area contributed by atoms with Gasteiger partial charge in [-0.2, -0.15) is 0 Å². The first kappa shape index (κ1) is 16.5. The summed E-state index contributed by atoms with van der Waals surface area (Å²) in [5, 5.41) is 4.89. The minimum atomic E-state index is -0.121. The highest BCUT2D eigenvalue weighted by molar-refractivity contribution is 7.10. The molecular weight excluding hydrogens is 346 g/mol. The fourth-order valence-corrected chi connectivity index (χ4v) is 3.50. The summed E-state index contributed by atoms with van der Waals surface area (Å²) in [6.07, 6.45) is 7.47. The van der Waals surface area contributed by atoms with Gasteiger partial charge in [0.2, 0.25) is 5.91 Å². The number of nitrogens with one attached hydrogen (secondary N) is 1. The van der Waals surface area contributed by atoms with Crippen LogP contribution in [0.25, 0.3) is 17.5 Å². The molecule has 1 atom stereocenters. The number of para-hydroxylation sites is 1. The predicted octanol–water partition coefficient (Wildman–Crippen LogP) is 3.34. The van der Waals surface area contributed by atoms with E-state index in [9.17, 15) is 4.79 Å². The Morgan fingerprint density at radius 3 is 2.92 bits per heavy atom. The van der Waals surface area contributed by atoms with Gasteiger partial charge < -0.3 is 10.1 Å². The van der Waals surface area contributed by atoms with Crippen molar-refractivity contribution in [2.75, 3.05) is 6.54 Å². The van der Waals surface area contributed by atoms with E-state index in [0.717, 1.165) is 28.2 Å². The van der Waals surface area contributed by atoms with E-state index in [2.05, 4.69) is 15.3 Å². The Hall–Kier alpha value is -2.99. The number of carbonyl (C=O) groups is 1. The normalized spacial score (nSPS) is 15.6. The Kier molecular flexibility index (Phi) is 4.75. The van der Waals surface area contributed by atoms with Crippen LogP contribution in [0.15, 0.2) is 60.2 Å². The van der Waals surface area contributed by atoms with Crippen molar-refractivity contribution in [3.63, 3.8) is 0 Å². The Morgan fingerprint density at radius 1 is 1.23 bits per heavy atom. The van der Waals surface area contributed by atoms with Gasteiger partial charge >= 0.3 is 0 Å². The topological polar surface area (TPSA) is 64.1 Å². The molecule has 26 heavy (non-hydrogen) atoms. The molecule has 1 amide bonds. The number of hydrogen-bond donors (Lipinski definition) is 1. The number of thiophene rings is 1. The molecule has 1 N–H and O–H groups in total. The summed E-state index contributed by atoms with van der Waals surface area (Å²) in [4.78, 5) is 21.7. The van der Waals surface area contributed by atoms with Crippen molar-refractivity contribution in [3.8, 4) is 17.1 Å². The molecule has 0 fully saturated rings. The molecule has 0 aliphatic carbocycles. The van der Waals surface area contributed by atoms with Crippen LogP contribution in [0, 0.1) is 0 Å². The maximum atomic E-state index is 12.0. The first-order valence-electron chi connectivity index (χ1n) is 8.35. The highest BCUT2D eigenvalue weighted by Crippen LogP contribution is 2.37. The number of aromatic nitrogens is 2. The summed E-state index contributed by atoms with van der Waals surface area (Å²) < 4.78 is 6.08. The van der Waals surface area contributed by atoms with Crippen LogP contribution >= 0.6 is 11.3 Å². The molecule has 6 heteroatoms. The van der Waals surface area contributed by atoms with Crippen molar-refractivity contribution >= 4 is 23.3 Å². The van der Waals surface area contributed by atoms with Gasteiger partial charge in [-0.15, -0.1) is 11.3 Å². The third kappa shape index (κ3) is 3.65. The van der Waals surface area contributed by atoms with Crippen molar-refractivity contribution in [1.29, 1.82) is 0 Å². The van der Waals surface area contributed by atoms with Crippen molar-refractivity contribution in [2.45, 2.75) is 12.5 Å². The smallest absolute Gasteiger partial charge is 0.244 e. The van der Waals surface area contributed by atoms with Crippen LogP contribution in [0.5, 0.6) is 5.75 Å². The zero-order valence-electron chi connectivity index (χ0n) is 14.0. The third-order valence-corrected chi connectivity index (χ3v) is 4.92. The van der Waals surface area contributed by atoms with Crippen LogP contribution in [-0.2, 0) is 11.2 Å². The molecule has 0 radical (unpaired) electrons. The van der Waals surface area contributed by atoms with Crippen LogP contribution in [0.1, 0.15) is 10.4 Å². The number of ether oxygens (including phenoxy) is 1. The number of benzene rings is 1. The van der Waals surface area contributed by atoms with E-state index in [1.54, 1.807) is 35.9 Å². The number of hydrogen-bond acceptors (Lipinski definition) is 5. The largest absolute Gasteiger partial charge is 0.487 e. The van der Waals surface area contributed by atoms with Gasteiger partial charge in [0.15, 0.2) is 5.82 Å². The Bertz CT molecular complexity index is 923. The van der Waals surface area contributed by atoms with Gasteiger partial charge in [0.05, 0.1) is 12.1 Å². The standard InChI is InChI=1S/C20H17N3O2S/c24-18(8-7-16-5-2-11-26-16)23-13-15-12-14-4-1-6-17(19(14)25-15)20-21-9-3-10-22-20/h1-11,15H,12-13H2,(H,23,24). The minimum absolute atomic E-state index is 0.0889. The fraction of sp³-hybridized carbons (Fsp3) is 0.150. The van der Waals surface area contributed by atoms with E-state index in [0.29, 0.717) is 12.4 Å². The molecule has 1 aliphatic heterocycles. The van der Waals surface area contributed by atoms with E-state index in [1.165, 1.54) is 0 Å². The van der Waals surface area contributed by atoms with E-state index >= 15 is 0 Å². The second-order valence-corrected chi connectivity index (χ2v) is 6.88. The number of fused-ring (bicyclic) bond motifs is 1. The summed E-state index contributed by atoms with van der Waals surface area (Å²) in [5.74, 6) is 1.34. The highest BCUT2D eigenvalue weighted by Gasteiger charge is 2.26. The quantitative estimate of drug-likeness (QED) is 0.706. The maximum absolute atomic E-state index is 12.0. The third-order valence-electron chi connectivity index (χ3n) is 4.08. The predicted molar refractivity (Wildman–Crippen MR) is 102 cm³/mol. The maximum Gasteiger partial charge on any atom is 0.244 e. The zero-order chi connectivity index (χ0) is 17.8. The van der Waals surface area contributed by atoms with Crippen LogP contribution in [-0.4, -0.2) is 28.5 Å². The summed E-state index contributed by atoms with van der Waals surface area (Å²) >= 11 is 1.60. The molecule has 1 unspecified atom stereocenters. The number of carbonyl (C=O) groups excluding carboxylic acids is 1. The molecule has 0 bridgehead atoms. The Morgan fingerprint density at radius 2 is 2.12 bits per heavy atom. The first-order valence-corrected chi connectivity index (χ1v) is 9.23. The van der Waals surface area contributed by atoms with Crippen LogP contribution < -0.4 is 10.1 Å². The summed E-state index contributed by atoms with van der Waals surface area (Å²) in [6, 6.07) is 11.7. The zero-order valence-corrected chi connectivity index (χ0v) is 14.8. The van der Waals surface area contributed by atoms with E-state index in [1.807, 2.05) is 41.8 Å². The van der Waals surface area contributed by atoms with Gasteiger partial charge in [0.1, 0.15) is 11.9 Å². The lowest BCUT2D eigenvalue weighted by Crippen LogP contribution is -2.33. The van der Waals surface area contributed by atoms with Gasteiger partial charge in [-0.3, -0.25) is 4.79 Å².